The van der Waals surface area contributed by atoms with Gasteiger partial charge in [-0.15, -0.1) is 0 Å². The second kappa shape index (κ2) is 7.56. The summed E-state index contributed by atoms with van der Waals surface area (Å²) >= 11 is 7.30. The smallest absolute Gasteiger partial charge is 0.293 e. The van der Waals surface area contributed by atoms with Gasteiger partial charge >= 0.3 is 0 Å². The van der Waals surface area contributed by atoms with Crippen molar-refractivity contribution in [2.24, 2.45) is 0 Å². The molecule has 0 saturated carbocycles. The van der Waals surface area contributed by atoms with E-state index in [1.807, 2.05) is 65.0 Å². The Balaban J connectivity index is 2.03. The van der Waals surface area contributed by atoms with Crippen molar-refractivity contribution in [1.82, 2.24) is 9.47 Å². The van der Waals surface area contributed by atoms with Gasteiger partial charge in [0, 0.05) is 28.1 Å². The molecule has 1 fully saturated rings. The standard InChI is InChI=1S/C21H23ClN2O2S/c1-6-12(2)24-20(25)19(27-21(24)26)11-16-10-13(3)23(15(16)5)18-9-7-8-17(22)14(18)4/h7-12H,6H2,1-5H3/b19-11+/t12-/m1/s1. The summed E-state index contributed by atoms with van der Waals surface area (Å²) in [5.41, 5.74) is 5.01. The number of hydrogen-bond acceptors (Lipinski definition) is 3. The van der Waals surface area contributed by atoms with Crippen LogP contribution in [0.15, 0.2) is 29.2 Å². The summed E-state index contributed by atoms with van der Waals surface area (Å²) in [4.78, 5) is 26.8. The third-order valence-corrected chi connectivity index (χ3v) is 6.39. The van der Waals surface area contributed by atoms with Crippen LogP contribution in [0.5, 0.6) is 0 Å². The fraction of sp³-hybridized carbons (Fsp3) is 0.333. The van der Waals surface area contributed by atoms with Gasteiger partial charge in [-0.25, -0.2) is 0 Å². The monoisotopic (exact) mass is 402 g/mol. The first-order valence-electron chi connectivity index (χ1n) is 8.97. The van der Waals surface area contributed by atoms with E-state index in [4.69, 9.17) is 11.6 Å². The maximum atomic E-state index is 12.7. The molecule has 1 aliphatic rings. The predicted molar refractivity (Wildman–Crippen MR) is 113 cm³/mol. The second-order valence-corrected chi connectivity index (χ2v) is 8.26. The van der Waals surface area contributed by atoms with Crippen LogP contribution >= 0.6 is 23.4 Å². The Labute approximate surface area is 169 Å². The van der Waals surface area contributed by atoms with Gasteiger partial charge in [0.15, 0.2) is 0 Å². The molecular formula is C21H23ClN2O2S. The number of aromatic nitrogens is 1. The fourth-order valence-corrected chi connectivity index (χ4v) is 4.42. The molecule has 27 heavy (non-hydrogen) atoms. The lowest BCUT2D eigenvalue weighted by atomic mass is 10.2. The molecule has 0 aliphatic carbocycles. The van der Waals surface area contributed by atoms with Crippen molar-refractivity contribution in [3.8, 4) is 5.69 Å². The van der Waals surface area contributed by atoms with E-state index in [1.54, 1.807) is 0 Å². The molecule has 3 rings (SSSR count). The third-order valence-electron chi connectivity index (χ3n) is 5.09. The highest BCUT2D eigenvalue weighted by Gasteiger charge is 2.37. The predicted octanol–water partition coefficient (Wildman–Crippen LogP) is 5.89. The van der Waals surface area contributed by atoms with Gasteiger partial charge < -0.3 is 4.57 Å². The molecule has 1 aromatic heterocycles. The zero-order valence-corrected chi connectivity index (χ0v) is 17.7. The van der Waals surface area contributed by atoms with Crippen molar-refractivity contribution < 1.29 is 9.59 Å². The Morgan fingerprint density at radius 2 is 1.93 bits per heavy atom. The summed E-state index contributed by atoms with van der Waals surface area (Å²) in [6, 6.07) is 7.78. The molecule has 1 atom stereocenters. The Morgan fingerprint density at radius 3 is 2.59 bits per heavy atom. The number of nitrogens with zero attached hydrogens (tertiary/aromatic N) is 2. The first-order chi connectivity index (χ1) is 12.8. The first kappa shape index (κ1) is 19.8. The highest BCUT2D eigenvalue weighted by Crippen LogP contribution is 2.35. The number of thioether (sulfide) groups is 1. The Hall–Kier alpha value is -1.98. The van der Waals surface area contributed by atoms with Crippen LogP contribution in [0.1, 0.15) is 42.8 Å². The van der Waals surface area contributed by atoms with Crippen molar-refractivity contribution in [3.63, 3.8) is 0 Å². The molecule has 2 aromatic rings. The molecule has 0 N–H and O–H groups in total. The minimum Gasteiger partial charge on any atom is -0.318 e. The highest BCUT2D eigenvalue weighted by atomic mass is 35.5. The van der Waals surface area contributed by atoms with Crippen LogP contribution in [0, 0.1) is 20.8 Å². The zero-order chi connectivity index (χ0) is 19.9. The maximum absolute atomic E-state index is 12.7. The lowest BCUT2D eigenvalue weighted by Crippen LogP contribution is -2.36. The lowest BCUT2D eigenvalue weighted by molar-refractivity contribution is -0.124. The molecular weight excluding hydrogens is 380 g/mol. The number of imide groups is 1. The number of aryl methyl sites for hydroxylation is 1. The van der Waals surface area contributed by atoms with Crippen molar-refractivity contribution in [1.29, 1.82) is 0 Å². The van der Waals surface area contributed by atoms with Crippen LogP contribution in [0.25, 0.3) is 11.8 Å². The summed E-state index contributed by atoms with van der Waals surface area (Å²) in [6.07, 6.45) is 2.57. The Bertz CT molecular complexity index is 961. The molecule has 1 aliphatic heterocycles. The van der Waals surface area contributed by atoms with Crippen LogP contribution in [0.2, 0.25) is 5.02 Å². The molecule has 2 heterocycles. The molecule has 1 aromatic carbocycles. The number of carbonyl (C=O) groups is 2. The van der Waals surface area contributed by atoms with E-state index in [9.17, 15) is 9.59 Å². The van der Waals surface area contributed by atoms with Crippen LogP contribution in [-0.2, 0) is 4.79 Å². The highest BCUT2D eigenvalue weighted by molar-refractivity contribution is 8.18. The van der Waals surface area contributed by atoms with E-state index < -0.39 is 0 Å². The van der Waals surface area contributed by atoms with Gasteiger partial charge in [0.1, 0.15) is 0 Å². The van der Waals surface area contributed by atoms with Gasteiger partial charge in [-0.2, -0.15) is 0 Å². The second-order valence-electron chi connectivity index (χ2n) is 6.85. The summed E-state index contributed by atoms with van der Waals surface area (Å²) in [5, 5.41) is 0.524. The van der Waals surface area contributed by atoms with Crippen LogP contribution < -0.4 is 0 Å². The van der Waals surface area contributed by atoms with Crippen LogP contribution in [0.4, 0.5) is 4.79 Å². The summed E-state index contributed by atoms with van der Waals surface area (Å²) in [7, 11) is 0. The van der Waals surface area contributed by atoms with Crippen LogP contribution in [-0.4, -0.2) is 26.7 Å². The molecule has 0 bridgehead atoms. The summed E-state index contributed by atoms with van der Waals surface area (Å²) < 4.78 is 2.13. The largest absolute Gasteiger partial charge is 0.318 e. The first-order valence-corrected chi connectivity index (χ1v) is 10.2. The van der Waals surface area contributed by atoms with Gasteiger partial charge in [0.25, 0.3) is 11.1 Å². The number of benzene rings is 1. The van der Waals surface area contributed by atoms with E-state index in [0.717, 1.165) is 51.4 Å². The molecule has 4 nitrogen and oxygen atoms in total. The normalized spacial score (nSPS) is 17.3. The number of halogens is 1. The van der Waals surface area contributed by atoms with Crippen molar-refractivity contribution >= 4 is 40.6 Å². The van der Waals surface area contributed by atoms with Gasteiger partial charge in [0.05, 0.1) is 4.91 Å². The molecule has 2 amide bonds. The zero-order valence-electron chi connectivity index (χ0n) is 16.2. The van der Waals surface area contributed by atoms with Crippen molar-refractivity contribution in [2.45, 2.75) is 47.1 Å². The molecule has 0 spiro atoms. The lowest BCUT2D eigenvalue weighted by Gasteiger charge is -2.19. The minimum absolute atomic E-state index is 0.0926. The molecule has 142 valence electrons. The molecule has 1 saturated heterocycles. The minimum atomic E-state index is -0.205. The van der Waals surface area contributed by atoms with Gasteiger partial charge in [-0.05, 0) is 81.3 Å². The van der Waals surface area contributed by atoms with Gasteiger partial charge in [-0.3, -0.25) is 14.5 Å². The molecule has 0 unspecified atom stereocenters. The quantitative estimate of drug-likeness (QED) is 0.598. The number of hydrogen-bond donors (Lipinski definition) is 0. The number of rotatable bonds is 4. The Morgan fingerprint density at radius 1 is 1.22 bits per heavy atom. The van der Waals surface area contributed by atoms with E-state index >= 15 is 0 Å². The van der Waals surface area contributed by atoms with Crippen molar-refractivity contribution in [3.05, 3.63) is 56.7 Å². The van der Waals surface area contributed by atoms with Gasteiger partial charge in [0.2, 0.25) is 0 Å². The van der Waals surface area contributed by atoms with E-state index in [1.165, 1.54) is 4.90 Å². The number of amides is 2. The van der Waals surface area contributed by atoms with Gasteiger partial charge in [-0.1, -0.05) is 24.6 Å². The van der Waals surface area contributed by atoms with Crippen LogP contribution in [0.3, 0.4) is 0 Å². The van der Waals surface area contributed by atoms with E-state index in [0.29, 0.717) is 4.91 Å². The summed E-state index contributed by atoms with van der Waals surface area (Å²) in [5.74, 6) is -0.205. The van der Waals surface area contributed by atoms with Crippen molar-refractivity contribution in [2.75, 3.05) is 0 Å². The SMILES string of the molecule is CC[C@@H](C)N1C(=O)S/C(=C/c2cc(C)n(-c3cccc(Cl)c3C)c2C)C1=O. The topological polar surface area (TPSA) is 42.3 Å². The fourth-order valence-electron chi connectivity index (χ4n) is 3.33. The summed E-state index contributed by atoms with van der Waals surface area (Å²) in [6.45, 7) is 9.90. The third kappa shape index (κ3) is 3.46. The average Bonchev–Trinajstić information content (AvgIpc) is 3.06. The maximum Gasteiger partial charge on any atom is 0.293 e. The molecule has 6 heteroatoms. The van der Waals surface area contributed by atoms with E-state index in [2.05, 4.69) is 4.57 Å². The van der Waals surface area contributed by atoms with E-state index in [-0.39, 0.29) is 17.2 Å². The number of carbonyl (C=O) groups excluding carboxylic acids is 2. The Kier molecular flexibility index (Phi) is 5.54. The average molecular weight is 403 g/mol. The molecule has 0 radical (unpaired) electrons.